The first kappa shape index (κ1) is 15.3. The summed E-state index contributed by atoms with van der Waals surface area (Å²) in [6, 6.07) is 4.06. The standard InChI is InChI=1S/C13H14BrF3N2O/c1-12(2)7-19(18-11(12)20)10(13(15,16)17)8-3-5-9(14)6-4-8/h3-6,10H,7H2,1-2H3,(H,18,20). The van der Waals surface area contributed by atoms with Gasteiger partial charge >= 0.3 is 6.18 Å². The van der Waals surface area contributed by atoms with Gasteiger partial charge in [-0.15, -0.1) is 0 Å². The predicted molar refractivity (Wildman–Crippen MR) is 71.6 cm³/mol. The van der Waals surface area contributed by atoms with E-state index in [1.165, 1.54) is 12.1 Å². The van der Waals surface area contributed by atoms with Gasteiger partial charge in [0.05, 0.1) is 5.41 Å². The minimum atomic E-state index is -4.47. The van der Waals surface area contributed by atoms with E-state index in [-0.39, 0.29) is 12.1 Å². The lowest BCUT2D eigenvalue weighted by atomic mass is 9.94. The van der Waals surface area contributed by atoms with Crippen LogP contribution in [0.1, 0.15) is 25.5 Å². The minimum absolute atomic E-state index is 0.00603. The Morgan fingerprint density at radius 3 is 2.25 bits per heavy atom. The first-order valence-corrected chi connectivity index (χ1v) is 6.80. The van der Waals surface area contributed by atoms with Gasteiger partial charge in [-0.05, 0) is 31.5 Å². The molecule has 1 atom stereocenters. The fourth-order valence-electron chi connectivity index (χ4n) is 2.17. The van der Waals surface area contributed by atoms with Crippen LogP contribution in [0.5, 0.6) is 0 Å². The summed E-state index contributed by atoms with van der Waals surface area (Å²) in [5.74, 6) is -0.399. The highest BCUT2D eigenvalue weighted by atomic mass is 79.9. The number of carbonyl (C=O) groups excluding carboxylic acids is 1. The zero-order chi connectivity index (χ0) is 15.1. The van der Waals surface area contributed by atoms with Crippen LogP contribution in [0, 0.1) is 5.41 Å². The fraction of sp³-hybridized carbons (Fsp3) is 0.462. The van der Waals surface area contributed by atoms with Crippen molar-refractivity contribution in [3.8, 4) is 0 Å². The van der Waals surface area contributed by atoms with Crippen LogP contribution in [0.4, 0.5) is 13.2 Å². The number of nitrogens with one attached hydrogen (secondary N) is 1. The van der Waals surface area contributed by atoms with Crippen molar-refractivity contribution in [3.05, 3.63) is 34.3 Å². The maximum atomic E-state index is 13.3. The van der Waals surface area contributed by atoms with Crippen molar-refractivity contribution >= 4 is 21.8 Å². The smallest absolute Gasteiger partial charge is 0.287 e. The number of amides is 1. The zero-order valence-corrected chi connectivity index (χ0v) is 12.5. The van der Waals surface area contributed by atoms with Gasteiger partial charge in [0.2, 0.25) is 5.91 Å². The summed E-state index contributed by atoms with van der Waals surface area (Å²) in [6.07, 6.45) is -4.47. The van der Waals surface area contributed by atoms with Gasteiger partial charge in [0, 0.05) is 11.0 Å². The maximum absolute atomic E-state index is 13.3. The van der Waals surface area contributed by atoms with Crippen LogP contribution >= 0.6 is 15.9 Å². The van der Waals surface area contributed by atoms with Crippen molar-refractivity contribution in [2.24, 2.45) is 5.41 Å². The Morgan fingerprint density at radius 2 is 1.85 bits per heavy atom. The number of carbonyl (C=O) groups is 1. The van der Waals surface area contributed by atoms with E-state index in [2.05, 4.69) is 21.4 Å². The summed E-state index contributed by atoms with van der Waals surface area (Å²) in [7, 11) is 0. The van der Waals surface area contributed by atoms with Crippen molar-refractivity contribution < 1.29 is 18.0 Å². The van der Waals surface area contributed by atoms with E-state index in [0.29, 0.717) is 4.47 Å². The van der Waals surface area contributed by atoms with Crippen molar-refractivity contribution in [1.82, 2.24) is 10.4 Å². The lowest BCUT2D eigenvalue weighted by Gasteiger charge is -2.29. The molecule has 7 heteroatoms. The summed E-state index contributed by atoms with van der Waals surface area (Å²) in [5.41, 5.74) is 1.59. The molecule has 0 saturated carbocycles. The first-order chi connectivity index (χ1) is 9.11. The van der Waals surface area contributed by atoms with E-state index in [9.17, 15) is 18.0 Å². The largest absolute Gasteiger partial charge is 0.409 e. The second-order valence-electron chi connectivity index (χ2n) is 5.45. The molecule has 1 amide bonds. The van der Waals surface area contributed by atoms with E-state index < -0.39 is 23.5 Å². The molecule has 110 valence electrons. The lowest BCUT2D eigenvalue weighted by molar-refractivity contribution is -0.191. The molecule has 1 aromatic rings. The average molecular weight is 351 g/mol. The van der Waals surface area contributed by atoms with Crippen LogP contribution in [0.3, 0.4) is 0 Å². The van der Waals surface area contributed by atoms with E-state index in [1.807, 2.05) is 0 Å². The molecule has 1 unspecified atom stereocenters. The van der Waals surface area contributed by atoms with Gasteiger partial charge < -0.3 is 0 Å². The SMILES string of the molecule is CC1(C)CN(C(c2ccc(Br)cc2)C(F)(F)F)NC1=O. The molecule has 1 N–H and O–H groups in total. The van der Waals surface area contributed by atoms with Crippen LogP contribution in [-0.4, -0.2) is 23.6 Å². The summed E-state index contributed by atoms with van der Waals surface area (Å²) >= 11 is 3.19. The summed E-state index contributed by atoms with van der Waals surface area (Å²) in [6.45, 7) is 3.25. The van der Waals surface area contributed by atoms with Gasteiger partial charge in [0.1, 0.15) is 6.04 Å². The quantitative estimate of drug-likeness (QED) is 0.886. The van der Waals surface area contributed by atoms with Gasteiger partial charge in [-0.3, -0.25) is 10.2 Å². The van der Waals surface area contributed by atoms with E-state index in [1.54, 1.807) is 26.0 Å². The Hall–Kier alpha value is -1.08. The van der Waals surface area contributed by atoms with Crippen molar-refractivity contribution in [3.63, 3.8) is 0 Å². The number of hydrogen-bond acceptors (Lipinski definition) is 2. The minimum Gasteiger partial charge on any atom is -0.287 e. The fourth-order valence-corrected chi connectivity index (χ4v) is 2.43. The Kier molecular flexibility index (Phi) is 3.85. The highest BCUT2D eigenvalue weighted by Gasteiger charge is 2.50. The second kappa shape index (κ2) is 5.04. The van der Waals surface area contributed by atoms with E-state index in [0.717, 1.165) is 5.01 Å². The molecule has 0 radical (unpaired) electrons. The molecule has 1 fully saturated rings. The Labute approximate surface area is 123 Å². The van der Waals surface area contributed by atoms with E-state index >= 15 is 0 Å². The molecular weight excluding hydrogens is 337 g/mol. The molecule has 3 nitrogen and oxygen atoms in total. The van der Waals surface area contributed by atoms with Crippen LogP contribution in [0.25, 0.3) is 0 Å². The number of nitrogens with zero attached hydrogens (tertiary/aromatic N) is 1. The summed E-state index contributed by atoms with van der Waals surface area (Å²) in [5, 5.41) is 0.964. The van der Waals surface area contributed by atoms with Gasteiger partial charge in [0.15, 0.2) is 0 Å². The Morgan fingerprint density at radius 1 is 1.30 bits per heavy atom. The number of alkyl halides is 3. The van der Waals surface area contributed by atoms with Crippen molar-refractivity contribution in [2.75, 3.05) is 6.54 Å². The predicted octanol–water partition coefficient (Wildman–Crippen LogP) is 3.43. The lowest BCUT2D eigenvalue weighted by Crippen LogP contribution is -2.43. The molecule has 0 aromatic heterocycles. The molecule has 20 heavy (non-hydrogen) atoms. The third-order valence-electron chi connectivity index (χ3n) is 3.23. The number of halogens is 4. The third-order valence-corrected chi connectivity index (χ3v) is 3.76. The highest BCUT2D eigenvalue weighted by molar-refractivity contribution is 9.10. The average Bonchev–Trinajstić information content (AvgIpc) is 2.54. The molecule has 2 rings (SSSR count). The maximum Gasteiger partial charge on any atom is 0.409 e. The molecule has 1 aliphatic heterocycles. The Bertz CT molecular complexity index is 513. The molecule has 1 aromatic carbocycles. The molecule has 0 bridgehead atoms. The number of hydrazine groups is 1. The molecule has 0 spiro atoms. The topological polar surface area (TPSA) is 32.3 Å². The molecule has 1 aliphatic rings. The van der Waals surface area contributed by atoms with Gasteiger partial charge in [-0.25, -0.2) is 5.01 Å². The molecule has 1 saturated heterocycles. The second-order valence-corrected chi connectivity index (χ2v) is 6.36. The number of hydrogen-bond donors (Lipinski definition) is 1. The Balaban J connectivity index is 2.35. The normalized spacial score (nSPS) is 20.8. The van der Waals surface area contributed by atoms with Crippen LogP contribution in [0.15, 0.2) is 28.7 Å². The van der Waals surface area contributed by atoms with Crippen LogP contribution < -0.4 is 5.43 Å². The summed E-state index contributed by atoms with van der Waals surface area (Å²) < 4.78 is 40.7. The van der Waals surface area contributed by atoms with Gasteiger partial charge in [-0.2, -0.15) is 13.2 Å². The van der Waals surface area contributed by atoms with Gasteiger partial charge in [0.25, 0.3) is 0 Å². The van der Waals surface area contributed by atoms with E-state index in [4.69, 9.17) is 0 Å². The van der Waals surface area contributed by atoms with Gasteiger partial charge in [-0.1, -0.05) is 28.1 Å². The molecule has 1 heterocycles. The first-order valence-electron chi connectivity index (χ1n) is 6.01. The third kappa shape index (κ3) is 2.98. The molecule has 0 aliphatic carbocycles. The van der Waals surface area contributed by atoms with Crippen molar-refractivity contribution in [1.29, 1.82) is 0 Å². The number of benzene rings is 1. The van der Waals surface area contributed by atoms with Crippen LogP contribution in [0.2, 0.25) is 0 Å². The molecular formula is C13H14BrF3N2O. The monoisotopic (exact) mass is 350 g/mol. The number of rotatable bonds is 2. The summed E-state index contributed by atoms with van der Waals surface area (Å²) in [4.78, 5) is 11.7. The van der Waals surface area contributed by atoms with Crippen molar-refractivity contribution in [2.45, 2.75) is 26.1 Å². The highest BCUT2D eigenvalue weighted by Crippen LogP contribution is 2.40. The zero-order valence-electron chi connectivity index (χ0n) is 11.0. The van der Waals surface area contributed by atoms with Crippen LogP contribution in [-0.2, 0) is 4.79 Å².